The molecule has 0 aromatic heterocycles. The zero-order valence-corrected chi connectivity index (χ0v) is 26.4. The minimum absolute atomic E-state index is 0. The zero-order valence-electron chi connectivity index (χ0n) is 23.4. The Morgan fingerprint density at radius 1 is 0.765 bits per heavy atom. The highest BCUT2D eigenvalue weighted by atomic mass is 127. The summed E-state index contributed by atoms with van der Waals surface area (Å²) in [5.41, 5.74) is 0. The maximum absolute atomic E-state index is 11.4. The largest absolute Gasteiger partial charge is 1.00 e. The van der Waals surface area contributed by atoms with Crippen LogP contribution >= 0.6 is 11.8 Å². The summed E-state index contributed by atoms with van der Waals surface area (Å²) in [5, 5.41) is 0. The van der Waals surface area contributed by atoms with E-state index in [1.165, 1.54) is 109 Å². The Morgan fingerprint density at radius 3 is 1.74 bits per heavy atom. The Kier molecular flexibility index (Phi) is 28.6. The quantitative estimate of drug-likeness (QED) is 0.0649. The second kappa shape index (κ2) is 26.5. The average molecular weight is 616 g/mol. The molecule has 0 saturated heterocycles. The first-order valence-electron chi connectivity index (χ1n) is 14.0. The van der Waals surface area contributed by atoms with Gasteiger partial charge < -0.3 is 37.9 Å². The Hall–Kier alpha value is 0.470. The van der Waals surface area contributed by atoms with Gasteiger partial charge in [-0.05, 0) is 24.3 Å². The molecule has 206 valence electrons. The smallest absolute Gasteiger partial charge is 0.302 e. The van der Waals surface area contributed by atoms with Crippen molar-refractivity contribution in [1.82, 2.24) is 0 Å². The van der Waals surface area contributed by atoms with Crippen molar-refractivity contribution in [2.24, 2.45) is 0 Å². The van der Waals surface area contributed by atoms with Crippen LogP contribution in [0.25, 0.3) is 0 Å². The van der Waals surface area contributed by atoms with Crippen LogP contribution in [0.4, 0.5) is 0 Å². The van der Waals surface area contributed by atoms with Gasteiger partial charge in [-0.15, -0.1) is 0 Å². The number of nitrogens with zero attached hydrogens (tertiary/aromatic N) is 1. The minimum Gasteiger partial charge on any atom is -1.00 e. The summed E-state index contributed by atoms with van der Waals surface area (Å²) in [7, 11) is 6.70. The van der Waals surface area contributed by atoms with E-state index in [1.54, 1.807) is 0 Å². The molecule has 6 heteroatoms. The Bertz CT molecular complexity index is 432. The van der Waals surface area contributed by atoms with Crippen LogP contribution in [0, 0.1) is 0 Å². The van der Waals surface area contributed by atoms with Crippen LogP contribution in [-0.2, 0) is 14.3 Å². The van der Waals surface area contributed by atoms with Crippen molar-refractivity contribution < 1.29 is 42.7 Å². The molecule has 0 aliphatic carbocycles. The predicted molar refractivity (Wildman–Crippen MR) is 146 cm³/mol. The summed E-state index contributed by atoms with van der Waals surface area (Å²) in [6.45, 7) is 6.30. The first-order chi connectivity index (χ1) is 15.8. The van der Waals surface area contributed by atoms with Gasteiger partial charge in [0.1, 0.15) is 6.10 Å². The van der Waals surface area contributed by atoms with Crippen LogP contribution in [0.5, 0.6) is 0 Å². The number of ether oxygens (including phenoxy) is 2. The molecule has 0 aromatic carbocycles. The van der Waals surface area contributed by atoms with E-state index >= 15 is 0 Å². The van der Waals surface area contributed by atoms with Crippen LogP contribution in [0.2, 0.25) is 0 Å². The van der Waals surface area contributed by atoms with E-state index in [0.717, 1.165) is 29.7 Å². The zero-order chi connectivity index (χ0) is 24.6. The van der Waals surface area contributed by atoms with Crippen LogP contribution in [-0.4, -0.2) is 69.0 Å². The van der Waals surface area contributed by atoms with Crippen LogP contribution < -0.4 is 24.0 Å². The minimum atomic E-state index is -0.199. The van der Waals surface area contributed by atoms with Crippen molar-refractivity contribution in [1.29, 1.82) is 0 Å². The van der Waals surface area contributed by atoms with Gasteiger partial charge >= 0.3 is 5.97 Å². The number of unbranched alkanes of at least 4 members (excludes halogenated alkanes) is 13. The molecule has 1 atom stereocenters. The molecule has 0 heterocycles. The molecular weight excluding hydrogens is 557 g/mol. The molecule has 0 fully saturated rings. The van der Waals surface area contributed by atoms with Crippen molar-refractivity contribution in [2.75, 3.05) is 52.4 Å². The monoisotopic (exact) mass is 615 g/mol. The topological polar surface area (TPSA) is 35.5 Å². The molecule has 0 N–H and O–H groups in total. The van der Waals surface area contributed by atoms with E-state index in [2.05, 4.69) is 28.1 Å². The number of quaternary nitrogens is 1. The molecule has 0 aromatic rings. The van der Waals surface area contributed by atoms with Crippen molar-refractivity contribution in [3.63, 3.8) is 0 Å². The van der Waals surface area contributed by atoms with Gasteiger partial charge in [0.05, 0.1) is 34.3 Å². The summed E-state index contributed by atoms with van der Waals surface area (Å²) in [6.07, 6.45) is 21.2. The highest BCUT2D eigenvalue weighted by Gasteiger charge is 2.13. The summed E-state index contributed by atoms with van der Waals surface area (Å²) in [6, 6.07) is 0. The number of rotatable bonds is 25. The number of thioether (sulfide) groups is 1. The first-order valence-corrected chi connectivity index (χ1v) is 15.1. The molecule has 0 spiro atoms. The summed E-state index contributed by atoms with van der Waals surface area (Å²) < 4.78 is 12.3. The number of hydrogen-bond donors (Lipinski definition) is 0. The van der Waals surface area contributed by atoms with E-state index in [1.807, 2.05) is 11.8 Å². The highest BCUT2D eigenvalue weighted by Crippen LogP contribution is 2.14. The molecule has 0 aliphatic rings. The van der Waals surface area contributed by atoms with E-state index in [-0.39, 0.29) is 36.0 Å². The SMILES string of the molecule is CCCCCCCCCCCCCCCCOCC(CCSCCC[N+](C)(C)C)OC(C)=O.[I-]. The number of hydrogen-bond acceptors (Lipinski definition) is 4. The Labute approximate surface area is 234 Å². The summed E-state index contributed by atoms with van der Waals surface area (Å²) >= 11 is 1.96. The molecule has 0 saturated carbocycles. The molecule has 34 heavy (non-hydrogen) atoms. The van der Waals surface area contributed by atoms with E-state index in [4.69, 9.17) is 9.47 Å². The lowest BCUT2D eigenvalue weighted by atomic mass is 10.0. The average Bonchev–Trinajstić information content (AvgIpc) is 2.74. The van der Waals surface area contributed by atoms with E-state index in [0.29, 0.717) is 6.61 Å². The van der Waals surface area contributed by atoms with E-state index in [9.17, 15) is 4.79 Å². The third-order valence-corrected chi connectivity index (χ3v) is 7.08. The fourth-order valence-corrected chi connectivity index (χ4v) is 4.95. The summed E-state index contributed by atoms with van der Waals surface area (Å²) in [4.78, 5) is 11.4. The Balaban J connectivity index is 0. The third kappa shape index (κ3) is 30.5. The summed E-state index contributed by atoms with van der Waals surface area (Å²) in [5.74, 6) is 2.00. The molecule has 0 aliphatic heterocycles. The fraction of sp³-hybridized carbons (Fsp3) is 0.964. The van der Waals surface area contributed by atoms with Gasteiger partial charge in [-0.2, -0.15) is 11.8 Å². The van der Waals surface area contributed by atoms with Crippen LogP contribution in [0.15, 0.2) is 0 Å². The van der Waals surface area contributed by atoms with Gasteiger partial charge in [-0.25, -0.2) is 0 Å². The van der Waals surface area contributed by atoms with Gasteiger partial charge in [0.2, 0.25) is 0 Å². The van der Waals surface area contributed by atoms with Crippen molar-refractivity contribution in [3.8, 4) is 0 Å². The maximum Gasteiger partial charge on any atom is 0.302 e. The van der Waals surface area contributed by atoms with E-state index < -0.39 is 0 Å². The first kappa shape index (κ1) is 36.6. The number of carbonyl (C=O) groups is 1. The van der Waals surface area contributed by atoms with Gasteiger partial charge in [-0.1, -0.05) is 90.4 Å². The second-order valence-corrected chi connectivity index (χ2v) is 11.9. The lowest BCUT2D eigenvalue weighted by Gasteiger charge is -2.23. The van der Waals surface area contributed by atoms with Gasteiger partial charge in [0.15, 0.2) is 0 Å². The number of halogens is 1. The molecule has 0 radical (unpaired) electrons. The number of esters is 1. The van der Waals surface area contributed by atoms with Gasteiger partial charge in [0, 0.05) is 20.0 Å². The second-order valence-electron chi connectivity index (χ2n) is 10.7. The molecule has 0 amide bonds. The lowest BCUT2D eigenvalue weighted by Crippen LogP contribution is -3.00. The molecular formula is C28H58INO3S. The standard InChI is InChI=1S/C28H58NO3S.HI/c1-6-7-8-9-10-11-12-13-14-15-16-17-18-19-23-31-26-28(32-27(2)30)21-25-33-24-20-22-29(3,4)5;/h28H,6-26H2,1-5H3;1H/q+1;/p-1. The van der Waals surface area contributed by atoms with Gasteiger partial charge in [-0.3, -0.25) is 4.79 Å². The number of carbonyl (C=O) groups excluding carboxylic acids is 1. The van der Waals surface area contributed by atoms with Crippen molar-refractivity contribution in [3.05, 3.63) is 0 Å². The molecule has 4 nitrogen and oxygen atoms in total. The predicted octanol–water partition coefficient (Wildman–Crippen LogP) is 4.64. The maximum atomic E-state index is 11.4. The highest BCUT2D eigenvalue weighted by molar-refractivity contribution is 7.99. The normalized spacial score (nSPS) is 12.4. The third-order valence-electron chi connectivity index (χ3n) is 5.98. The fourth-order valence-electron chi connectivity index (χ4n) is 3.98. The Morgan fingerprint density at radius 2 is 1.26 bits per heavy atom. The lowest BCUT2D eigenvalue weighted by molar-refractivity contribution is -0.870. The van der Waals surface area contributed by atoms with Crippen molar-refractivity contribution in [2.45, 2.75) is 123 Å². The van der Waals surface area contributed by atoms with Crippen LogP contribution in [0.1, 0.15) is 117 Å². The van der Waals surface area contributed by atoms with Gasteiger partial charge in [0.25, 0.3) is 0 Å². The molecule has 0 rings (SSSR count). The molecule has 1 unspecified atom stereocenters. The van der Waals surface area contributed by atoms with Crippen LogP contribution in [0.3, 0.4) is 0 Å². The van der Waals surface area contributed by atoms with Crippen molar-refractivity contribution >= 4 is 17.7 Å². The molecule has 0 bridgehead atoms.